The Balaban J connectivity index is 1.52. The van der Waals surface area contributed by atoms with E-state index in [1.165, 1.54) is 12.8 Å². The molecule has 7 heteroatoms. The highest BCUT2D eigenvalue weighted by Crippen LogP contribution is 2.23. The molecule has 3 heterocycles. The molecule has 27 heavy (non-hydrogen) atoms. The summed E-state index contributed by atoms with van der Waals surface area (Å²) in [6.07, 6.45) is 6.55. The summed E-state index contributed by atoms with van der Waals surface area (Å²) in [5.41, 5.74) is 0.0525. The third-order valence-corrected chi connectivity index (χ3v) is 5.55. The summed E-state index contributed by atoms with van der Waals surface area (Å²) < 4.78 is 3.48. The van der Waals surface area contributed by atoms with Crippen molar-refractivity contribution >= 4 is 5.96 Å². The molecular weight excluding hydrogens is 340 g/mol. The van der Waals surface area contributed by atoms with Crippen molar-refractivity contribution in [2.45, 2.75) is 72.4 Å². The maximum atomic E-state index is 12.4. The monoisotopic (exact) mass is 376 g/mol. The Kier molecular flexibility index (Phi) is 6.96. The Morgan fingerprint density at radius 2 is 2.19 bits per heavy atom. The number of likely N-dealkylation sites (tertiary alicyclic amines) is 1. The molecule has 1 saturated heterocycles. The molecule has 2 aliphatic rings. The van der Waals surface area contributed by atoms with Crippen LogP contribution in [0.15, 0.2) is 9.79 Å². The normalized spacial score (nSPS) is 20.4. The Labute approximate surface area is 162 Å². The summed E-state index contributed by atoms with van der Waals surface area (Å²) in [6, 6.07) is 0. The first kappa shape index (κ1) is 20.0. The van der Waals surface area contributed by atoms with E-state index >= 15 is 0 Å². The molecule has 7 nitrogen and oxygen atoms in total. The Morgan fingerprint density at radius 1 is 1.33 bits per heavy atom. The minimum absolute atomic E-state index is 0.0525. The Hall–Kier alpha value is -1.79. The van der Waals surface area contributed by atoms with Gasteiger partial charge < -0.3 is 10.2 Å². The van der Waals surface area contributed by atoms with Gasteiger partial charge in [-0.15, -0.1) is 0 Å². The second-order valence-electron chi connectivity index (χ2n) is 8.35. The number of guanidine groups is 1. The minimum atomic E-state index is 0.0525. The lowest BCUT2D eigenvalue weighted by atomic mass is 9.97. The first-order chi connectivity index (χ1) is 13.1. The molecule has 1 atom stereocenters. The van der Waals surface area contributed by atoms with E-state index in [9.17, 15) is 4.79 Å². The fourth-order valence-corrected chi connectivity index (χ4v) is 4.31. The van der Waals surface area contributed by atoms with E-state index in [0.717, 1.165) is 82.0 Å². The maximum Gasteiger partial charge on any atom is 0.345 e. The van der Waals surface area contributed by atoms with Crippen molar-refractivity contribution < 1.29 is 0 Å². The van der Waals surface area contributed by atoms with Crippen LogP contribution in [0.5, 0.6) is 0 Å². The van der Waals surface area contributed by atoms with Crippen LogP contribution >= 0.6 is 0 Å². The molecule has 0 amide bonds. The highest BCUT2D eigenvalue weighted by atomic mass is 16.2. The van der Waals surface area contributed by atoms with Gasteiger partial charge in [0.25, 0.3) is 0 Å². The van der Waals surface area contributed by atoms with Crippen LogP contribution in [0.1, 0.15) is 58.7 Å². The van der Waals surface area contributed by atoms with Crippen LogP contribution in [0.25, 0.3) is 0 Å². The number of nitrogens with zero attached hydrogens (tertiary/aromatic N) is 5. The van der Waals surface area contributed by atoms with E-state index in [0.29, 0.717) is 6.54 Å². The summed E-state index contributed by atoms with van der Waals surface area (Å²) in [5, 5.41) is 7.95. The molecule has 1 unspecified atom stereocenters. The van der Waals surface area contributed by atoms with Gasteiger partial charge in [0.2, 0.25) is 0 Å². The van der Waals surface area contributed by atoms with Gasteiger partial charge in [-0.3, -0.25) is 9.56 Å². The van der Waals surface area contributed by atoms with Crippen LogP contribution in [0.2, 0.25) is 0 Å². The molecule has 0 spiro atoms. The van der Waals surface area contributed by atoms with Gasteiger partial charge in [-0.2, -0.15) is 5.10 Å². The van der Waals surface area contributed by atoms with Gasteiger partial charge in [-0.1, -0.05) is 13.8 Å². The van der Waals surface area contributed by atoms with Crippen molar-refractivity contribution in [1.82, 2.24) is 24.6 Å². The predicted molar refractivity (Wildman–Crippen MR) is 109 cm³/mol. The minimum Gasteiger partial charge on any atom is -0.357 e. The van der Waals surface area contributed by atoms with Gasteiger partial charge in [0.1, 0.15) is 5.82 Å². The van der Waals surface area contributed by atoms with E-state index in [1.54, 1.807) is 4.68 Å². The van der Waals surface area contributed by atoms with Crippen LogP contribution in [0, 0.1) is 11.8 Å². The smallest absolute Gasteiger partial charge is 0.345 e. The summed E-state index contributed by atoms with van der Waals surface area (Å²) in [6.45, 7) is 12.0. The topological polar surface area (TPSA) is 67.5 Å². The van der Waals surface area contributed by atoms with Crippen molar-refractivity contribution in [1.29, 1.82) is 0 Å². The van der Waals surface area contributed by atoms with Gasteiger partial charge in [0.15, 0.2) is 5.96 Å². The lowest BCUT2D eigenvalue weighted by molar-refractivity contribution is 0.403. The molecular formula is C20H36N6O. The number of rotatable bonds is 7. The Bertz CT molecular complexity index is 689. The molecule has 1 aromatic heterocycles. The van der Waals surface area contributed by atoms with Crippen LogP contribution in [-0.2, 0) is 19.5 Å². The maximum absolute atomic E-state index is 12.4. The number of hydrogen-bond donors (Lipinski definition) is 1. The van der Waals surface area contributed by atoms with Crippen molar-refractivity contribution in [3.05, 3.63) is 16.3 Å². The van der Waals surface area contributed by atoms with E-state index in [-0.39, 0.29) is 5.69 Å². The second-order valence-corrected chi connectivity index (χ2v) is 8.35. The third kappa shape index (κ3) is 5.14. The molecule has 0 radical (unpaired) electrons. The first-order valence-corrected chi connectivity index (χ1v) is 10.8. The number of aryl methyl sites for hydroxylation is 2. The molecule has 1 fully saturated rings. The van der Waals surface area contributed by atoms with Crippen LogP contribution in [0.3, 0.4) is 0 Å². The van der Waals surface area contributed by atoms with Crippen molar-refractivity contribution in [3.8, 4) is 0 Å². The number of fused-ring (bicyclic) bond motifs is 1. The molecule has 2 aliphatic heterocycles. The standard InChI is InChI=1S/C20H36N6O/c1-4-21-19(24-13-9-17(15-24)14-16(2)3)22-10-7-12-26-20(27)25-11-6-5-8-18(25)23-26/h16-17H,4-15H2,1-3H3,(H,21,22). The summed E-state index contributed by atoms with van der Waals surface area (Å²) in [5.74, 6) is 3.52. The number of nitrogens with one attached hydrogen (secondary N) is 1. The van der Waals surface area contributed by atoms with Gasteiger partial charge in [0, 0.05) is 45.7 Å². The van der Waals surface area contributed by atoms with E-state index < -0.39 is 0 Å². The highest BCUT2D eigenvalue weighted by molar-refractivity contribution is 5.80. The SMILES string of the molecule is CCNC(=NCCCn1nc2n(c1=O)CCCC2)N1CCC(CC(C)C)C1. The first-order valence-electron chi connectivity index (χ1n) is 10.8. The van der Waals surface area contributed by atoms with Crippen LogP contribution < -0.4 is 11.0 Å². The van der Waals surface area contributed by atoms with Gasteiger partial charge in [-0.25, -0.2) is 9.48 Å². The molecule has 3 rings (SSSR count). The van der Waals surface area contributed by atoms with Crippen molar-refractivity contribution in [3.63, 3.8) is 0 Å². The zero-order valence-electron chi connectivity index (χ0n) is 17.3. The second kappa shape index (κ2) is 9.42. The fourth-order valence-electron chi connectivity index (χ4n) is 4.31. The number of hydrogen-bond acceptors (Lipinski definition) is 3. The molecule has 0 saturated carbocycles. The summed E-state index contributed by atoms with van der Waals surface area (Å²) in [4.78, 5) is 19.6. The third-order valence-electron chi connectivity index (χ3n) is 5.55. The number of aliphatic imine (C=N–C) groups is 1. The molecule has 152 valence electrons. The summed E-state index contributed by atoms with van der Waals surface area (Å²) in [7, 11) is 0. The zero-order chi connectivity index (χ0) is 19.2. The molecule has 0 aromatic carbocycles. The fraction of sp³-hybridized carbons (Fsp3) is 0.850. The average Bonchev–Trinajstić information content (AvgIpc) is 3.22. The van der Waals surface area contributed by atoms with E-state index in [1.807, 2.05) is 4.57 Å². The molecule has 1 aromatic rings. The van der Waals surface area contributed by atoms with Gasteiger partial charge in [0.05, 0.1) is 0 Å². The van der Waals surface area contributed by atoms with Gasteiger partial charge in [-0.05, 0) is 50.9 Å². The van der Waals surface area contributed by atoms with Crippen LogP contribution in [-0.4, -0.2) is 51.4 Å². The lowest BCUT2D eigenvalue weighted by Gasteiger charge is -2.22. The van der Waals surface area contributed by atoms with Crippen molar-refractivity contribution in [2.24, 2.45) is 16.8 Å². The van der Waals surface area contributed by atoms with E-state index in [2.05, 4.69) is 36.1 Å². The molecule has 0 aliphatic carbocycles. The summed E-state index contributed by atoms with van der Waals surface area (Å²) >= 11 is 0. The quantitative estimate of drug-likeness (QED) is 0.450. The molecule has 1 N–H and O–H groups in total. The Morgan fingerprint density at radius 3 is 2.93 bits per heavy atom. The largest absolute Gasteiger partial charge is 0.357 e. The van der Waals surface area contributed by atoms with E-state index in [4.69, 9.17) is 4.99 Å². The van der Waals surface area contributed by atoms with Crippen molar-refractivity contribution in [2.75, 3.05) is 26.2 Å². The average molecular weight is 377 g/mol. The highest BCUT2D eigenvalue weighted by Gasteiger charge is 2.25. The number of aromatic nitrogens is 3. The lowest BCUT2D eigenvalue weighted by Crippen LogP contribution is -2.40. The van der Waals surface area contributed by atoms with Crippen LogP contribution in [0.4, 0.5) is 0 Å². The molecule has 0 bridgehead atoms. The predicted octanol–water partition coefficient (Wildman–Crippen LogP) is 2.10. The van der Waals surface area contributed by atoms with Gasteiger partial charge >= 0.3 is 5.69 Å². The zero-order valence-corrected chi connectivity index (χ0v) is 17.3.